The third-order valence-corrected chi connectivity index (χ3v) is 8.48. The quantitative estimate of drug-likeness (QED) is 0.261. The van der Waals surface area contributed by atoms with Gasteiger partial charge in [0.05, 0.1) is 0 Å². The summed E-state index contributed by atoms with van der Waals surface area (Å²) >= 11 is 0. The predicted octanol–water partition coefficient (Wildman–Crippen LogP) is 6.92. The molecule has 0 saturated carbocycles. The predicted molar refractivity (Wildman–Crippen MR) is 119 cm³/mol. The van der Waals surface area contributed by atoms with Gasteiger partial charge in [-0.2, -0.15) is 0 Å². The normalized spacial score (nSPS) is 16.5. The third kappa shape index (κ3) is 2.65. The van der Waals surface area contributed by atoms with Crippen molar-refractivity contribution in [1.29, 1.82) is 0 Å². The van der Waals surface area contributed by atoms with Crippen molar-refractivity contribution < 1.29 is 4.74 Å². The minimum atomic E-state index is -0.379. The fourth-order valence-corrected chi connectivity index (χ4v) is 6.49. The molecule has 0 saturated heterocycles. The molecule has 1 aliphatic rings. The molecular formula is C25H23OP. The van der Waals surface area contributed by atoms with Crippen LogP contribution in [0.2, 0.25) is 0 Å². The summed E-state index contributed by atoms with van der Waals surface area (Å²) in [6, 6.07) is 26.4. The van der Waals surface area contributed by atoms with E-state index in [2.05, 4.69) is 93.6 Å². The molecule has 27 heavy (non-hydrogen) atoms. The maximum absolute atomic E-state index is 6.15. The molecule has 0 radical (unpaired) electrons. The second-order valence-corrected chi connectivity index (χ2v) is 11.1. The van der Waals surface area contributed by atoms with Gasteiger partial charge in [0.25, 0.3) is 0 Å². The third-order valence-electron chi connectivity index (χ3n) is 5.47. The lowest BCUT2D eigenvalue weighted by Crippen LogP contribution is -2.19. The van der Waals surface area contributed by atoms with Crippen LogP contribution in [0.25, 0.3) is 32.7 Å². The molecule has 1 heterocycles. The Labute approximate surface area is 161 Å². The standard InChI is InChI=1S/C25H23OP/c1-25(2,3)27-16-26-22-14-8-13-21(24(22)27)23-19-11-6-4-9-17(19)15-18-10-5-7-12-20(18)23/h4-15H,16H2,1-3H3/t27-/m0/s1. The first kappa shape index (κ1) is 16.8. The topological polar surface area (TPSA) is 9.23 Å². The molecule has 1 atom stereocenters. The fourth-order valence-electron chi connectivity index (χ4n) is 4.15. The average Bonchev–Trinajstić information content (AvgIpc) is 3.11. The van der Waals surface area contributed by atoms with Crippen molar-refractivity contribution >= 4 is 34.8 Å². The fraction of sp³-hybridized carbons (Fsp3) is 0.200. The van der Waals surface area contributed by atoms with Gasteiger partial charge in [0.15, 0.2) is 0 Å². The van der Waals surface area contributed by atoms with Crippen LogP contribution in [0.3, 0.4) is 0 Å². The minimum Gasteiger partial charge on any atom is -0.488 e. The lowest BCUT2D eigenvalue weighted by Gasteiger charge is -2.28. The zero-order valence-corrected chi connectivity index (χ0v) is 16.9. The molecule has 0 N–H and O–H groups in total. The Hall–Kier alpha value is -2.37. The number of hydrogen-bond acceptors (Lipinski definition) is 1. The van der Waals surface area contributed by atoms with Gasteiger partial charge in [-0.25, -0.2) is 0 Å². The molecule has 0 bridgehead atoms. The Morgan fingerprint density at radius 1 is 0.778 bits per heavy atom. The van der Waals surface area contributed by atoms with E-state index in [-0.39, 0.29) is 13.1 Å². The number of hydrogen-bond donors (Lipinski definition) is 0. The summed E-state index contributed by atoms with van der Waals surface area (Å²) in [5, 5.41) is 6.88. The van der Waals surface area contributed by atoms with Crippen molar-refractivity contribution in [2.75, 3.05) is 6.35 Å². The molecule has 2 heteroatoms. The van der Waals surface area contributed by atoms with Gasteiger partial charge < -0.3 is 4.74 Å². The zero-order valence-electron chi connectivity index (χ0n) is 16.0. The Balaban J connectivity index is 1.92. The molecular weight excluding hydrogens is 347 g/mol. The van der Waals surface area contributed by atoms with Gasteiger partial charge in [0.1, 0.15) is 12.1 Å². The molecule has 0 aromatic heterocycles. The molecule has 0 aliphatic carbocycles. The molecule has 1 aliphatic heterocycles. The molecule has 1 nitrogen and oxygen atoms in total. The van der Waals surface area contributed by atoms with Crippen LogP contribution < -0.4 is 10.0 Å². The van der Waals surface area contributed by atoms with Crippen molar-refractivity contribution in [3.63, 3.8) is 0 Å². The summed E-state index contributed by atoms with van der Waals surface area (Å²) in [7, 11) is -0.379. The van der Waals surface area contributed by atoms with Crippen LogP contribution in [0.1, 0.15) is 20.8 Å². The van der Waals surface area contributed by atoms with Gasteiger partial charge in [0.2, 0.25) is 0 Å². The Morgan fingerprint density at radius 3 is 2.04 bits per heavy atom. The SMILES string of the molecule is CC(C)(C)[P@@]1COc2cccc(-c3c4ccccc4cc4ccccc34)c21. The molecule has 4 aromatic rings. The lowest BCUT2D eigenvalue weighted by atomic mass is 9.92. The van der Waals surface area contributed by atoms with Crippen LogP contribution in [0.4, 0.5) is 0 Å². The Bertz CT molecular complexity index is 1120. The van der Waals surface area contributed by atoms with Crippen LogP contribution in [-0.2, 0) is 0 Å². The van der Waals surface area contributed by atoms with Gasteiger partial charge in [-0.3, -0.25) is 0 Å². The van der Waals surface area contributed by atoms with Crippen molar-refractivity contribution in [1.82, 2.24) is 0 Å². The van der Waals surface area contributed by atoms with Crippen molar-refractivity contribution in [3.05, 3.63) is 72.8 Å². The van der Waals surface area contributed by atoms with Gasteiger partial charge in [-0.05, 0) is 57.9 Å². The minimum absolute atomic E-state index is 0.219. The summed E-state index contributed by atoms with van der Waals surface area (Å²) in [4.78, 5) is 0. The first-order valence-corrected chi connectivity index (χ1v) is 11.0. The average molecular weight is 370 g/mol. The van der Waals surface area contributed by atoms with E-state index in [0.29, 0.717) is 0 Å². The Morgan fingerprint density at radius 2 is 1.41 bits per heavy atom. The maximum Gasteiger partial charge on any atom is 0.128 e. The molecule has 4 aromatic carbocycles. The molecule has 134 valence electrons. The van der Waals surface area contributed by atoms with Gasteiger partial charge >= 0.3 is 0 Å². The first-order valence-electron chi connectivity index (χ1n) is 9.48. The van der Waals surface area contributed by atoms with E-state index < -0.39 is 0 Å². The number of benzene rings is 4. The second kappa shape index (κ2) is 6.08. The van der Waals surface area contributed by atoms with E-state index in [0.717, 1.165) is 12.1 Å². The van der Waals surface area contributed by atoms with E-state index in [1.54, 1.807) is 0 Å². The molecule has 5 rings (SSSR count). The largest absolute Gasteiger partial charge is 0.488 e. The van der Waals surface area contributed by atoms with E-state index >= 15 is 0 Å². The molecule has 0 amide bonds. The van der Waals surface area contributed by atoms with Gasteiger partial charge in [-0.15, -0.1) is 0 Å². The summed E-state index contributed by atoms with van der Waals surface area (Å²) in [6.45, 7) is 7.03. The highest BCUT2D eigenvalue weighted by Gasteiger charge is 2.36. The van der Waals surface area contributed by atoms with Crippen LogP contribution >= 0.6 is 7.92 Å². The van der Waals surface area contributed by atoms with Crippen molar-refractivity contribution in [2.24, 2.45) is 0 Å². The van der Waals surface area contributed by atoms with E-state index in [1.807, 2.05) is 0 Å². The summed E-state index contributed by atoms with van der Waals surface area (Å²) in [5.74, 6) is 1.07. The highest BCUT2D eigenvalue weighted by atomic mass is 31.1. The number of rotatable bonds is 1. The van der Waals surface area contributed by atoms with Gasteiger partial charge in [0, 0.05) is 5.30 Å². The molecule has 0 unspecified atom stereocenters. The Kier molecular flexibility index (Phi) is 3.78. The lowest BCUT2D eigenvalue weighted by molar-refractivity contribution is 0.400. The monoisotopic (exact) mass is 370 g/mol. The molecule has 0 fully saturated rings. The van der Waals surface area contributed by atoms with Crippen LogP contribution in [-0.4, -0.2) is 11.5 Å². The molecule has 0 spiro atoms. The number of ether oxygens (including phenoxy) is 1. The highest BCUT2D eigenvalue weighted by molar-refractivity contribution is 7.67. The summed E-state index contributed by atoms with van der Waals surface area (Å²) in [6.07, 6.45) is 0.827. The van der Waals surface area contributed by atoms with E-state index in [4.69, 9.17) is 4.74 Å². The highest BCUT2D eigenvalue weighted by Crippen LogP contribution is 2.56. The zero-order chi connectivity index (χ0) is 18.6. The second-order valence-electron chi connectivity index (χ2n) is 8.22. The van der Waals surface area contributed by atoms with Crippen molar-refractivity contribution in [3.8, 4) is 16.9 Å². The van der Waals surface area contributed by atoms with Crippen LogP contribution in [0.15, 0.2) is 72.8 Å². The summed E-state index contributed by atoms with van der Waals surface area (Å²) < 4.78 is 6.15. The van der Waals surface area contributed by atoms with Crippen LogP contribution in [0, 0.1) is 0 Å². The smallest absolute Gasteiger partial charge is 0.128 e. The van der Waals surface area contributed by atoms with Crippen molar-refractivity contribution in [2.45, 2.75) is 25.9 Å². The van der Waals surface area contributed by atoms with E-state index in [9.17, 15) is 0 Å². The maximum atomic E-state index is 6.15. The number of fused-ring (bicyclic) bond motifs is 3. The van der Waals surface area contributed by atoms with Crippen LogP contribution in [0.5, 0.6) is 5.75 Å². The first-order chi connectivity index (χ1) is 13.0. The summed E-state index contributed by atoms with van der Waals surface area (Å²) in [5.41, 5.74) is 2.70. The van der Waals surface area contributed by atoms with E-state index in [1.165, 1.54) is 38.0 Å². The van der Waals surface area contributed by atoms with Gasteiger partial charge in [-0.1, -0.05) is 81.4 Å².